The summed E-state index contributed by atoms with van der Waals surface area (Å²) < 4.78 is 0. The fraction of sp³-hybridized carbons (Fsp3) is 0.933. The van der Waals surface area contributed by atoms with Crippen molar-refractivity contribution in [3.8, 4) is 0 Å². The summed E-state index contributed by atoms with van der Waals surface area (Å²) in [6, 6.07) is 0.290. The Morgan fingerprint density at radius 1 is 1.39 bits per heavy atom. The van der Waals surface area contributed by atoms with E-state index in [-0.39, 0.29) is 5.92 Å². The highest BCUT2D eigenvalue weighted by Gasteiger charge is 2.31. The second-order valence-corrected chi connectivity index (χ2v) is 6.04. The van der Waals surface area contributed by atoms with Gasteiger partial charge in [-0.3, -0.25) is 4.79 Å². The second kappa shape index (κ2) is 7.13. The quantitative estimate of drug-likeness (QED) is 0.820. The summed E-state index contributed by atoms with van der Waals surface area (Å²) in [5.41, 5.74) is 6.03. The summed E-state index contributed by atoms with van der Waals surface area (Å²) in [5, 5.41) is 0. The first-order valence-electron chi connectivity index (χ1n) is 7.53. The first kappa shape index (κ1) is 15.5. The van der Waals surface area contributed by atoms with Crippen LogP contribution in [0.2, 0.25) is 0 Å². The Morgan fingerprint density at radius 2 is 2.06 bits per heavy atom. The zero-order valence-electron chi connectivity index (χ0n) is 12.5. The first-order chi connectivity index (χ1) is 8.49. The lowest BCUT2D eigenvalue weighted by atomic mass is 9.78. The number of rotatable bonds is 5. The maximum Gasteiger partial charge on any atom is 0.225 e. The average molecular weight is 254 g/mol. The van der Waals surface area contributed by atoms with Gasteiger partial charge in [-0.2, -0.15) is 0 Å². The zero-order valence-corrected chi connectivity index (χ0v) is 12.5. The number of hydrogen-bond acceptors (Lipinski definition) is 2. The van der Waals surface area contributed by atoms with E-state index in [9.17, 15) is 4.79 Å². The van der Waals surface area contributed by atoms with Gasteiger partial charge < -0.3 is 10.6 Å². The third-order valence-corrected chi connectivity index (χ3v) is 4.51. The van der Waals surface area contributed by atoms with Crippen molar-refractivity contribution in [2.75, 3.05) is 13.1 Å². The number of nitrogens with zero attached hydrogens (tertiary/aromatic N) is 1. The molecule has 0 aromatic rings. The molecule has 0 aromatic heterocycles. The van der Waals surface area contributed by atoms with E-state index >= 15 is 0 Å². The molecule has 0 bridgehead atoms. The predicted octanol–water partition coefficient (Wildman–Crippen LogP) is 2.64. The SMILES string of the molecule is CCC(C)CN(CC)C(=O)C1CCC(N)C(C)C1. The van der Waals surface area contributed by atoms with Gasteiger partial charge in [-0.15, -0.1) is 0 Å². The van der Waals surface area contributed by atoms with Crippen LogP contribution in [-0.4, -0.2) is 29.9 Å². The third-order valence-electron chi connectivity index (χ3n) is 4.51. The molecule has 0 heterocycles. The Hall–Kier alpha value is -0.570. The second-order valence-electron chi connectivity index (χ2n) is 6.04. The summed E-state index contributed by atoms with van der Waals surface area (Å²) >= 11 is 0. The van der Waals surface area contributed by atoms with Gasteiger partial charge >= 0.3 is 0 Å². The molecule has 18 heavy (non-hydrogen) atoms. The molecule has 1 rings (SSSR count). The van der Waals surface area contributed by atoms with Crippen molar-refractivity contribution in [2.45, 2.75) is 59.4 Å². The monoisotopic (exact) mass is 254 g/mol. The van der Waals surface area contributed by atoms with E-state index in [1.807, 2.05) is 4.90 Å². The molecule has 0 radical (unpaired) electrons. The number of carbonyl (C=O) groups excluding carboxylic acids is 1. The topological polar surface area (TPSA) is 46.3 Å². The van der Waals surface area contributed by atoms with Crippen molar-refractivity contribution in [1.29, 1.82) is 0 Å². The maximum atomic E-state index is 12.5. The molecule has 1 fully saturated rings. The Bertz CT molecular complexity index is 261. The summed E-state index contributed by atoms with van der Waals surface area (Å²) in [4.78, 5) is 14.6. The summed E-state index contributed by atoms with van der Waals surface area (Å²) in [6.07, 6.45) is 4.08. The molecule has 4 unspecified atom stereocenters. The molecule has 4 atom stereocenters. The lowest BCUT2D eigenvalue weighted by molar-refractivity contribution is -0.137. The van der Waals surface area contributed by atoms with Gasteiger partial charge in [0.1, 0.15) is 0 Å². The smallest absolute Gasteiger partial charge is 0.225 e. The highest BCUT2D eigenvalue weighted by molar-refractivity contribution is 5.79. The van der Waals surface area contributed by atoms with Crippen molar-refractivity contribution >= 4 is 5.91 Å². The van der Waals surface area contributed by atoms with E-state index in [0.29, 0.717) is 23.8 Å². The van der Waals surface area contributed by atoms with E-state index in [0.717, 1.165) is 38.8 Å². The number of hydrogen-bond donors (Lipinski definition) is 1. The number of amides is 1. The van der Waals surface area contributed by atoms with Crippen LogP contribution in [0.15, 0.2) is 0 Å². The minimum Gasteiger partial charge on any atom is -0.342 e. The molecule has 2 N–H and O–H groups in total. The van der Waals surface area contributed by atoms with Crippen LogP contribution in [0.5, 0.6) is 0 Å². The van der Waals surface area contributed by atoms with Gasteiger partial charge in [-0.25, -0.2) is 0 Å². The van der Waals surface area contributed by atoms with E-state index in [2.05, 4.69) is 27.7 Å². The Balaban J connectivity index is 2.56. The Labute approximate surface area is 112 Å². The van der Waals surface area contributed by atoms with Crippen molar-refractivity contribution in [3.63, 3.8) is 0 Å². The Kier molecular flexibility index (Phi) is 6.13. The van der Waals surface area contributed by atoms with Crippen LogP contribution in [0.1, 0.15) is 53.4 Å². The van der Waals surface area contributed by atoms with Crippen LogP contribution >= 0.6 is 0 Å². The fourth-order valence-corrected chi connectivity index (χ4v) is 2.78. The summed E-state index contributed by atoms with van der Waals surface area (Å²) in [7, 11) is 0. The molecule has 0 spiro atoms. The minimum atomic E-state index is 0.212. The highest BCUT2D eigenvalue weighted by Crippen LogP contribution is 2.29. The molecular formula is C15H30N2O. The molecule has 1 amide bonds. The van der Waals surface area contributed by atoms with Crippen LogP contribution in [0.25, 0.3) is 0 Å². The molecule has 1 aliphatic carbocycles. The van der Waals surface area contributed by atoms with Crippen molar-refractivity contribution in [2.24, 2.45) is 23.5 Å². The van der Waals surface area contributed by atoms with Crippen molar-refractivity contribution < 1.29 is 4.79 Å². The minimum absolute atomic E-state index is 0.212. The van der Waals surface area contributed by atoms with Gasteiger partial charge in [0.05, 0.1) is 0 Å². The molecule has 3 nitrogen and oxygen atoms in total. The van der Waals surface area contributed by atoms with Gasteiger partial charge in [0.2, 0.25) is 5.91 Å². The van der Waals surface area contributed by atoms with Crippen LogP contribution < -0.4 is 5.73 Å². The molecule has 106 valence electrons. The molecule has 0 aliphatic heterocycles. The van der Waals surface area contributed by atoms with Gasteiger partial charge in [-0.05, 0) is 38.0 Å². The standard InChI is InChI=1S/C15H30N2O/c1-5-11(3)10-17(6-2)15(18)13-7-8-14(16)12(4)9-13/h11-14H,5-10,16H2,1-4H3. The first-order valence-corrected chi connectivity index (χ1v) is 7.53. The summed E-state index contributed by atoms with van der Waals surface area (Å²) in [5.74, 6) is 1.65. The molecule has 0 saturated heterocycles. The lowest BCUT2D eigenvalue weighted by Gasteiger charge is -2.35. The van der Waals surface area contributed by atoms with E-state index < -0.39 is 0 Å². The lowest BCUT2D eigenvalue weighted by Crippen LogP contribution is -2.43. The van der Waals surface area contributed by atoms with Gasteiger partial charge in [-0.1, -0.05) is 27.2 Å². The molecule has 1 saturated carbocycles. The van der Waals surface area contributed by atoms with E-state index in [1.54, 1.807) is 0 Å². The van der Waals surface area contributed by atoms with Crippen molar-refractivity contribution in [1.82, 2.24) is 4.90 Å². The van der Waals surface area contributed by atoms with Crippen LogP contribution in [0.4, 0.5) is 0 Å². The Morgan fingerprint density at radius 3 is 2.56 bits per heavy atom. The average Bonchev–Trinajstić information content (AvgIpc) is 2.38. The zero-order chi connectivity index (χ0) is 13.7. The summed E-state index contributed by atoms with van der Waals surface area (Å²) in [6.45, 7) is 10.4. The normalized spacial score (nSPS) is 29.9. The van der Waals surface area contributed by atoms with Crippen LogP contribution in [0, 0.1) is 17.8 Å². The van der Waals surface area contributed by atoms with E-state index in [1.165, 1.54) is 0 Å². The third kappa shape index (κ3) is 3.98. The molecule has 1 aliphatic rings. The van der Waals surface area contributed by atoms with Gasteiger partial charge in [0.15, 0.2) is 0 Å². The number of nitrogens with two attached hydrogens (primary N) is 1. The van der Waals surface area contributed by atoms with E-state index in [4.69, 9.17) is 5.73 Å². The van der Waals surface area contributed by atoms with Gasteiger partial charge in [0.25, 0.3) is 0 Å². The highest BCUT2D eigenvalue weighted by atomic mass is 16.2. The van der Waals surface area contributed by atoms with Crippen LogP contribution in [-0.2, 0) is 4.79 Å². The van der Waals surface area contributed by atoms with Gasteiger partial charge in [0, 0.05) is 25.0 Å². The molecular weight excluding hydrogens is 224 g/mol. The molecule has 0 aromatic carbocycles. The molecule has 3 heteroatoms. The largest absolute Gasteiger partial charge is 0.342 e. The predicted molar refractivity (Wildman–Crippen MR) is 76.2 cm³/mol. The van der Waals surface area contributed by atoms with Crippen LogP contribution in [0.3, 0.4) is 0 Å². The number of carbonyl (C=O) groups is 1. The van der Waals surface area contributed by atoms with Crippen molar-refractivity contribution in [3.05, 3.63) is 0 Å². The fourth-order valence-electron chi connectivity index (χ4n) is 2.78. The maximum absolute atomic E-state index is 12.5.